The number of carbonyl (C=O) groups is 2. The molecule has 6 rings (SSSR count). The van der Waals surface area contributed by atoms with Crippen molar-refractivity contribution in [3.63, 3.8) is 0 Å². The normalized spacial score (nSPS) is 15.6. The van der Waals surface area contributed by atoms with E-state index in [1.165, 1.54) is 49.3 Å². The molecular weight excluding hydrogens is 675 g/mol. The fourth-order valence-electron chi connectivity index (χ4n) is 5.78. The second-order valence-electron chi connectivity index (χ2n) is 12.0. The number of ether oxygens (including phenoxy) is 4. The van der Waals surface area contributed by atoms with Crippen LogP contribution in [0.3, 0.4) is 0 Å². The Bertz CT molecular complexity index is 2070. The van der Waals surface area contributed by atoms with E-state index in [2.05, 4.69) is 48.3 Å². The average molecular weight is 712 g/mol. The maximum atomic E-state index is 13.9. The monoisotopic (exact) mass is 711 g/mol. The molecule has 0 spiro atoms. The number of amides is 1. The van der Waals surface area contributed by atoms with Crippen LogP contribution in [0.2, 0.25) is 0 Å². The van der Waals surface area contributed by atoms with E-state index < -0.39 is 17.7 Å². The Balaban J connectivity index is 1.40. The number of rotatable bonds is 13. The third kappa shape index (κ3) is 6.99. The minimum absolute atomic E-state index is 0.113. The van der Waals surface area contributed by atoms with Crippen LogP contribution in [0, 0.1) is 5.92 Å². The van der Waals surface area contributed by atoms with Gasteiger partial charge in [-0.3, -0.25) is 14.5 Å². The zero-order valence-electron chi connectivity index (χ0n) is 28.3. The van der Waals surface area contributed by atoms with Crippen LogP contribution in [0.1, 0.15) is 43.0 Å². The van der Waals surface area contributed by atoms with Crippen molar-refractivity contribution < 1.29 is 33.6 Å². The molecule has 1 amide bonds. The molecule has 2 heterocycles. The summed E-state index contributed by atoms with van der Waals surface area (Å²) < 4.78 is 23.1. The lowest BCUT2D eigenvalue weighted by Crippen LogP contribution is -2.29. The van der Waals surface area contributed by atoms with Crippen molar-refractivity contribution in [2.45, 2.75) is 36.4 Å². The minimum atomic E-state index is -1.05. The summed E-state index contributed by atoms with van der Waals surface area (Å²) in [7, 11) is 4.51. The van der Waals surface area contributed by atoms with Gasteiger partial charge in [-0.15, -0.1) is 10.2 Å². The topological polar surface area (TPSA) is 120 Å². The maximum Gasteiger partial charge on any atom is 0.301 e. The van der Waals surface area contributed by atoms with Gasteiger partial charge in [0.05, 0.1) is 39.6 Å². The molecular formula is C38H37N3O7S2. The van der Waals surface area contributed by atoms with Gasteiger partial charge in [0.25, 0.3) is 5.78 Å². The number of aliphatic hydroxyl groups excluding tert-OH is 1. The van der Waals surface area contributed by atoms with Crippen molar-refractivity contribution in [3.05, 3.63) is 101 Å². The van der Waals surface area contributed by atoms with E-state index in [1.54, 1.807) is 36.4 Å². The number of aliphatic hydroxyl groups is 1. The standard InChI is InChI=1S/C38H37N3O7S2/c1-22(2)17-18-48-29-16-13-24(19-31(29)47-5)33-32(34(42)25-14-15-28(45-3)30(20-25)46-4)35(43)36(44)41(33)37-39-40-38(50-37)49-21-26-11-8-10-23-9-6-7-12-27(23)26/h6-16,19-20,22,33,42H,17-18,21H2,1-5H3/t33-/m0/s1. The second-order valence-corrected chi connectivity index (χ2v) is 14.1. The summed E-state index contributed by atoms with van der Waals surface area (Å²) in [6.07, 6.45) is 0.855. The van der Waals surface area contributed by atoms with Crippen LogP contribution in [-0.4, -0.2) is 54.9 Å². The molecule has 0 bridgehead atoms. The van der Waals surface area contributed by atoms with Gasteiger partial charge in [-0.05, 0) is 64.6 Å². The van der Waals surface area contributed by atoms with Crippen molar-refractivity contribution in [3.8, 4) is 23.0 Å². The Hall–Kier alpha value is -5.07. The first kappa shape index (κ1) is 34.8. The molecule has 1 aliphatic rings. The summed E-state index contributed by atoms with van der Waals surface area (Å²) >= 11 is 2.70. The van der Waals surface area contributed by atoms with Crippen LogP contribution in [-0.2, 0) is 15.3 Å². The first-order valence-corrected chi connectivity index (χ1v) is 17.8. The van der Waals surface area contributed by atoms with Crippen LogP contribution >= 0.6 is 23.1 Å². The summed E-state index contributed by atoms with van der Waals surface area (Å²) in [5, 5.41) is 23.0. The highest BCUT2D eigenvalue weighted by Crippen LogP contribution is 2.46. The highest BCUT2D eigenvalue weighted by Gasteiger charge is 2.48. The van der Waals surface area contributed by atoms with Gasteiger partial charge < -0.3 is 24.1 Å². The SMILES string of the molecule is COc1ccc(C(O)=C2C(=O)C(=O)N(c3nnc(SCc4cccc5ccccc45)s3)[C@H]2c2ccc(OCCC(C)C)c(OC)c2)cc1OC. The number of Topliss-reactive ketones (excluding diaryl/α,β-unsaturated/α-hetero) is 1. The van der Waals surface area contributed by atoms with Crippen LogP contribution in [0.5, 0.6) is 23.0 Å². The van der Waals surface area contributed by atoms with E-state index >= 15 is 0 Å². The zero-order valence-corrected chi connectivity index (χ0v) is 30.0. The molecule has 0 saturated carbocycles. The number of aromatic nitrogens is 2. The number of methoxy groups -OCH3 is 3. The highest BCUT2D eigenvalue weighted by molar-refractivity contribution is 8.00. The van der Waals surface area contributed by atoms with Gasteiger partial charge in [0.15, 0.2) is 27.3 Å². The molecule has 258 valence electrons. The Kier molecular flexibility index (Phi) is 10.6. The van der Waals surface area contributed by atoms with Crippen LogP contribution in [0.25, 0.3) is 16.5 Å². The van der Waals surface area contributed by atoms with Gasteiger partial charge in [0.1, 0.15) is 5.76 Å². The third-order valence-electron chi connectivity index (χ3n) is 8.39. The van der Waals surface area contributed by atoms with E-state index in [9.17, 15) is 14.7 Å². The number of hydrogen-bond acceptors (Lipinski definition) is 11. The first-order valence-electron chi connectivity index (χ1n) is 16.0. The van der Waals surface area contributed by atoms with Crippen LogP contribution in [0.15, 0.2) is 88.8 Å². The lowest BCUT2D eigenvalue weighted by molar-refractivity contribution is -0.132. The number of nitrogens with zero attached hydrogens (tertiary/aromatic N) is 3. The van der Waals surface area contributed by atoms with Gasteiger partial charge in [0.2, 0.25) is 5.13 Å². The molecule has 1 aliphatic heterocycles. The van der Waals surface area contributed by atoms with Gasteiger partial charge in [-0.1, -0.05) is 85.5 Å². The molecule has 1 atom stereocenters. The Labute approximate surface area is 298 Å². The molecule has 5 aromatic rings. The fraction of sp³-hybridized carbons (Fsp3) is 0.263. The van der Waals surface area contributed by atoms with E-state index in [0.717, 1.165) is 22.8 Å². The lowest BCUT2D eigenvalue weighted by Gasteiger charge is -2.23. The molecule has 0 unspecified atom stereocenters. The van der Waals surface area contributed by atoms with Crippen LogP contribution < -0.4 is 23.8 Å². The molecule has 1 fully saturated rings. The predicted octanol–water partition coefficient (Wildman–Crippen LogP) is 8.06. The summed E-state index contributed by atoms with van der Waals surface area (Å²) in [4.78, 5) is 29.0. The minimum Gasteiger partial charge on any atom is -0.507 e. The largest absolute Gasteiger partial charge is 0.507 e. The van der Waals surface area contributed by atoms with Crippen molar-refractivity contribution in [1.29, 1.82) is 0 Å². The number of carbonyl (C=O) groups excluding carboxylic acids is 2. The second kappa shape index (κ2) is 15.2. The van der Waals surface area contributed by atoms with Gasteiger partial charge in [-0.25, -0.2) is 0 Å². The molecule has 0 aliphatic carbocycles. The first-order chi connectivity index (χ1) is 24.2. The summed E-state index contributed by atoms with van der Waals surface area (Å²) in [6.45, 7) is 4.73. The molecule has 1 N–H and O–H groups in total. The van der Waals surface area contributed by atoms with Gasteiger partial charge >= 0.3 is 5.91 Å². The number of thioether (sulfide) groups is 1. The van der Waals surface area contributed by atoms with Crippen molar-refractivity contribution in [2.24, 2.45) is 5.92 Å². The average Bonchev–Trinajstić information content (AvgIpc) is 3.71. The summed E-state index contributed by atoms with van der Waals surface area (Å²) in [5.74, 6) is 0.760. The maximum absolute atomic E-state index is 13.9. The fourth-order valence-corrected chi connectivity index (χ4v) is 7.65. The van der Waals surface area contributed by atoms with Gasteiger partial charge in [-0.2, -0.15) is 0 Å². The molecule has 0 radical (unpaired) electrons. The van der Waals surface area contributed by atoms with Crippen molar-refractivity contribution >= 4 is 56.5 Å². The number of anilines is 1. The Morgan fingerprint density at radius 1 is 0.880 bits per heavy atom. The third-order valence-corrected chi connectivity index (χ3v) is 10.5. The van der Waals surface area contributed by atoms with Gasteiger partial charge in [0, 0.05) is 11.3 Å². The summed E-state index contributed by atoms with van der Waals surface area (Å²) in [5.41, 5.74) is 1.82. The van der Waals surface area contributed by atoms with Crippen molar-refractivity contribution in [1.82, 2.24) is 10.2 Å². The van der Waals surface area contributed by atoms with E-state index in [-0.39, 0.29) is 22.0 Å². The predicted molar refractivity (Wildman–Crippen MR) is 196 cm³/mol. The molecule has 50 heavy (non-hydrogen) atoms. The summed E-state index contributed by atoms with van der Waals surface area (Å²) in [6, 6.07) is 23.3. The number of ketones is 1. The molecule has 4 aromatic carbocycles. The molecule has 12 heteroatoms. The molecule has 1 aromatic heterocycles. The number of fused-ring (bicyclic) bond motifs is 1. The number of benzene rings is 4. The quantitative estimate of drug-likeness (QED) is 0.0422. The Morgan fingerprint density at radius 3 is 2.36 bits per heavy atom. The Morgan fingerprint density at radius 2 is 1.60 bits per heavy atom. The molecule has 1 saturated heterocycles. The van der Waals surface area contributed by atoms with Crippen molar-refractivity contribution in [2.75, 3.05) is 32.8 Å². The molecule has 10 nitrogen and oxygen atoms in total. The smallest absolute Gasteiger partial charge is 0.301 e. The van der Waals surface area contributed by atoms with E-state index in [0.29, 0.717) is 51.2 Å². The van der Waals surface area contributed by atoms with E-state index in [1.807, 2.05) is 18.2 Å². The van der Waals surface area contributed by atoms with E-state index in [4.69, 9.17) is 18.9 Å². The lowest BCUT2D eigenvalue weighted by atomic mass is 9.95. The van der Waals surface area contributed by atoms with Crippen LogP contribution in [0.4, 0.5) is 5.13 Å². The highest BCUT2D eigenvalue weighted by atomic mass is 32.2. The number of hydrogen-bond donors (Lipinski definition) is 1. The zero-order chi connectivity index (χ0) is 35.4.